The van der Waals surface area contributed by atoms with Crippen LogP contribution in [0.4, 0.5) is 0 Å². The number of ether oxygens (including phenoxy) is 2. The van der Waals surface area contributed by atoms with Crippen molar-refractivity contribution in [2.45, 2.75) is 18.3 Å². The number of nitrogens with zero attached hydrogens (tertiary/aromatic N) is 1. The van der Waals surface area contributed by atoms with Crippen molar-refractivity contribution >= 4 is 35.1 Å². The number of hydrogen-bond donors (Lipinski definition) is 0. The van der Waals surface area contributed by atoms with Gasteiger partial charge in [0.1, 0.15) is 5.56 Å². The zero-order valence-electron chi connectivity index (χ0n) is 15.9. The number of carbonyl (C=O) groups excluding carboxylic acids is 2. The van der Waals surface area contributed by atoms with E-state index in [2.05, 4.69) is 4.37 Å². The van der Waals surface area contributed by atoms with Crippen molar-refractivity contribution in [3.63, 3.8) is 0 Å². The van der Waals surface area contributed by atoms with Gasteiger partial charge in [-0.1, -0.05) is 60.1 Å². The Labute approximate surface area is 177 Å². The van der Waals surface area contributed by atoms with Gasteiger partial charge in [0.2, 0.25) is 0 Å². The van der Waals surface area contributed by atoms with E-state index >= 15 is 0 Å². The van der Waals surface area contributed by atoms with Crippen LogP contribution < -0.4 is 0 Å². The summed E-state index contributed by atoms with van der Waals surface area (Å²) in [6.07, 6.45) is 1.65. The van der Waals surface area contributed by atoms with E-state index in [0.29, 0.717) is 4.88 Å². The standard InChI is InChI=1S/C22H18ClNO4S/c1-27-20(25)17-18(29-24-19(17)23)15-5-3-13(4-6-15)14-7-9-16(10-8-14)22(11-12-22)21(26)28-2/h3-10H,11-12H2,1-2H3. The molecular formula is C22H18ClNO4S. The summed E-state index contributed by atoms with van der Waals surface area (Å²) in [5.41, 5.74) is 3.72. The molecule has 5 nitrogen and oxygen atoms in total. The Morgan fingerprint density at radius 3 is 2.00 bits per heavy atom. The van der Waals surface area contributed by atoms with E-state index in [1.165, 1.54) is 14.2 Å². The molecule has 1 heterocycles. The molecule has 148 valence electrons. The Balaban J connectivity index is 1.60. The number of benzene rings is 2. The summed E-state index contributed by atoms with van der Waals surface area (Å²) in [6, 6.07) is 15.8. The van der Waals surface area contributed by atoms with Crippen LogP contribution in [0, 0.1) is 0 Å². The summed E-state index contributed by atoms with van der Waals surface area (Å²) in [5, 5.41) is 0.149. The summed E-state index contributed by atoms with van der Waals surface area (Å²) >= 11 is 7.22. The third-order valence-electron chi connectivity index (χ3n) is 5.28. The van der Waals surface area contributed by atoms with Crippen molar-refractivity contribution in [1.82, 2.24) is 4.37 Å². The van der Waals surface area contributed by atoms with E-state index < -0.39 is 11.4 Å². The van der Waals surface area contributed by atoms with E-state index in [-0.39, 0.29) is 16.7 Å². The van der Waals surface area contributed by atoms with Gasteiger partial charge in [-0.05, 0) is 46.6 Å². The maximum absolute atomic E-state index is 12.1. The van der Waals surface area contributed by atoms with Gasteiger partial charge in [0.25, 0.3) is 0 Å². The van der Waals surface area contributed by atoms with E-state index in [9.17, 15) is 9.59 Å². The molecule has 1 aliphatic rings. The molecule has 1 saturated carbocycles. The largest absolute Gasteiger partial charge is 0.468 e. The van der Waals surface area contributed by atoms with Crippen LogP contribution in [0.1, 0.15) is 28.8 Å². The second-order valence-corrected chi connectivity index (χ2v) is 8.03. The van der Waals surface area contributed by atoms with E-state index in [4.69, 9.17) is 21.1 Å². The van der Waals surface area contributed by atoms with Crippen LogP contribution in [0.25, 0.3) is 21.6 Å². The molecule has 7 heteroatoms. The summed E-state index contributed by atoms with van der Waals surface area (Å²) < 4.78 is 13.8. The first-order chi connectivity index (χ1) is 14.0. The summed E-state index contributed by atoms with van der Waals surface area (Å²) in [4.78, 5) is 24.7. The lowest BCUT2D eigenvalue weighted by Gasteiger charge is -2.13. The molecule has 3 aromatic rings. The zero-order chi connectivity index (χ0) is 20.6. The second-order valence-electron chi connectivity index (χ2n) is 6.90. The van der Waals surface area contributed by atoms with E-state index in [1.54, 1.807) is 0 Å². The first-order valence-corrected chi connectivity index (χ1v) is 10.2. The molecule has 0 aliphatic heterocycles. The first kappa shape index (κ1) is 19.6. The highest BCUT2D eigenvalue weighted by molar-refractivity contribution is 7.10. The highest BCUT2D eigenvalue weighted by Crippen LogP contribution is 2.49. The third kappa shape index (κ3) is 3.43. The SMILES string of the molecule is COC(=O)c1c(Cl)nsc1-c1ccc(-c2ccc(C3(C(=O)OC)CC3)cc2)cc1. The molecule has 0 atom stereocenters. The topological polar surface area (TPSA) is 65.5 Å². The van der Waals surface area contributed by atoms with Crippen LogP contribution in [-0.2, 0) is 19.7 Å². The Bertz CT molecular complexity index is 1070. The average Bonchev–Trinajstić information content (AvgIpc) is 3.49. The molecule has 0 saturated heterocycles. The summed E-state index contributed by atoms with van der Waals surface area (Å²) in [7, 11) is 2.75. The maximum Gasteiger partial charge on any atom is 0.342 e. The molecule has 29 heavy (non-hydrogen) atoms. The van der Waals surface area contributed by atoms with Gasteiger partial charge >= 0.3 is 11.9 Å². The Morgan fingerprint density at radius 1 is 0.931 bits per heavy atom. The van der Waals surface area contributed by atoms with Gasteiger partial charge < -0.3 is 9.47 Å². The van der Waals surface area contributed by atoms with Gasteiger partial charge in [-0.3, -0.25) is 4.79 Å². The molecule has 1 aromatic heterocycles. The third-order valence-corrected chi connectivity index (χ3v) is 6.55. The monoisotopic (exact) mass is 427 g/mol. The van der Waals surface area contributed by atoms with Crippen LogP contribution in [-0.4, -0.2) is 30.5 Å². The van der Waals surface area contributed by atoms with E-state index in [1.807, 2.05) is 48.5 Å². The number of hydrogen-bond acceptors (Lipinski definition) is 6. The van der Waals surface area contributed by atoms with Gasteiger partial charge in [0, 0.05) is 0 Å². The second kappa shape index (κ2) is 7.61. The van der Waals surface area contributed by atoms with E-state index in [0.717, 1.165) is 46.6 Å². The summed E-state index contributed by atoms with van der Waals surface area (Å²) in [6.45, 7) is 0. The van der Waals surface area contributed by atoms with Crippen LogP contribution in [0.15, 0.2) is 48.5 Å². The molecule has 2 aromatic carbocycles. The van der Waals surface area contributed by atoms with Crippen molar-refractivity contribution < 1.29 is 19.1 Å². The smallest absolute Gasteiger partial charge is 0.342 e. The lowest BCUT2D eigenvalue weighted by molar-refractivity contribution is -0.143. The molecule has 0 N–H and O–H groups in total. The van der Waals surface area contributed by atoms with Crippen molar-refractivity contribution in [1.29, 1.82) is 0 Å². The van der Waals surface area contributed by atoms with Gasteiger partial charge in [-0.2, -0.15) is 4.37 Å². The number of halogens is 1. The Kier molecular flexibility index (Phi) is 5.15. The van der Waals surface area contributed by atoms with Crippen LogP contribution in [0.3, 0.4) is 0 Å². The minimum atomic E-state index is -0.502. The highest BCUT2D eigenvalue weighted by atomic mass is 35.5. The maximum atomic E-state index is 12.1. The number of carbonyl (C=O) groups is 2. The van der Waals surface area contributed by atoms with Gasteiger partial charge in [-0.25, -0.2) is 4.79 Å². The van der Waals surface area contributed by atoms with Crippen molar-refractivity contribution in [2.75, 3.05) is 14.2 Å². The van der Waals surface area contributed by atoms with Gasteiger partial charge in [-0.15, -0.1) is 0 Å². The summed E-state index contributed by atoms with van der Waals surface area (Å²) in [5.74, 6) is -0.669. The molecule has 0 bridgehead atoms. The number of rotatable bonds is 5. The van der Waals surface area contributed by atoms with Crippen LogP contribution in [0.2, 0.25) is 5.15 Å². The fraction of sp³-hybridized carbons (Fsp3) is 0.227. The minimum Gasteiger partial charge on any atom is -0.468 e. The number of esters is 2. The number of methoxy groups -OCH3 is 2. The van der Waals surface area contributed by atoms with Crippen molar-refractivity contribution in [3.8, 4) is 21.6 Å². The predicted octanol–water partition coefficient (Wildman–Crippen LogP) is 5.12. The molecule has 0 radical (unpaired) electrons. The number of aromatic nitrogens is 1. The quantitative estimate of drug-likeness (QED) is 0.528. The lowest BCUT2D eigenvalue weighted by atomic mass is 9.93. The van der Waals surface area contributed by atoms with Crippen molar-refractivity contribution in [2.24, 2.45) is 0 Å². The van der Waals surface area contributed by atoms with Gasteiger partial charge in [0.15, 0.2) is 5.15 Å². The Morgan fingerprint density at radius 2 is 1.48 bits per heavy atom. The predicted molar refractivity (Wildman–Crippen MR) is 112 cm³/mol. The average molecular weight is 428 g/mol. The van der Waals surface area contributed by atoms with Gasteiger partial charge in [0.05, 0.1) is 24.5 Å². The fourth-order valence-corrected chi connectivity index (χ4v) is 4.58. The minimum absolute atomic E-state index is 0.149. The molecule has 4 rings (SSSR count). The molecule has 0 spiro atoms. The molecule has 0 amide bonds. The molecule has 1 aliphatic carbocycles. The fourth-order valence-electron chi connectivity index (χ4n) is 3.47. The Hall–Kier alpha value is -2.70. The van der Waals surface area contributed by atoms with Crippen LogP contribution in [0.5, 0.6) is 0 Å². The molecule has 1 fully saturated rings. The first-order valence-electron chi connectivity index (χ1n) is 9.03. The molecular weight excluding hydrogens is 410 g/mol. The van der Waals surface area contributed by atoms with Crippen LogP contribution >= 0.6 is 23.1 Å². The molecule has 0 unspecified atom stereocenters. The lowest BCUT2D eigenvalue weighted by Crippen LogP contribution is -2.21. The highest BCUT2D eigenvalue weighted by Gasteiger charge is 2.52. The normalized spacial score (nSPS) is 14.3. The van der Waals surface area contributed by atoms with Crippen molar-refractivity contribution in [3.05, 3.63) is 64.8 Å². The zero-order valence-corrected chi connectivity index (χ0v) is 17.5.